The summed E-state index contributed by atoms with van der Waals surface area (Å²) in [5.74, 6) is 0.644. The SMILES string of the molecule is CCOc1ccc(N2C(=O)[C@@H](C)S[C@@]23C(=O)N(C[NH+]2CCOCC2)c2ccccc23)cc1. The van der Waals surface area contributed by atoms with Crippen LogP contribution in [0.5, 0.6) is 5.75 Å². The van der Waals surface area contributed by atoms with Gasteiger partial charge < -0.3 is 14.4 Å². The Kier molecular flexibility index (Phi) is 5.61. The average Bonchev–Trinajstić information content (AvgIpc) is 3.21. The lowest BCUT2D eigenvalue weighted by Gasteiger charge is -2.34. The van der Waals surface area contributed by atoms with Crippen molar-refractivity contribution in [1.82, 2.24) is 0 Å². The minimum atomic E-state index is -1.09. The number of hydrogen-bond donors (Lipinski definition) is 1. The molecule has 5 rings (SSSR count). The van der Waals surface area contributed by atoms with Crippen molar-refractivity contribution >= 4 is 35.0 Å². The van der Waals surface area contributed by atoms with Crippen LogP contribution in [0.2, 0.25) is 0 Å². The number of quaternary nitrogens is 1. The summed E-state index contributed by atoms with van der Waals surface area (Å²) in [5, 5.41) is -0.325. The van der Waals surface area contributed by atoms with Crippen molar-refractivity contribution in [3.05, 3.63) is 54.1 Å². The molecule has 2 aromatic rings. The van der Waals surface area contributed by atoms with Gasteiger partial charge >= 0.3 is 0 Å². The molecule has 168 valence electrons. The Labute approximate surface area is 192 Å². The van der Waals surface area contributed by atoms with E-state index in [1.165, 1.54) is 16.7 Å². The maximum atomic E-state index is 14.1. The van der Waals surface area contributed by atoms with Crippen molar-refractivity contribution in [3.63, 3.8) is 0 Å². The summed E-state index contributed by atoms with van der Waals surface area (Å²) in [5.41, 5.74) is 2.48. The lowest BCUT2D eigenvalue weighted by atomic mass is 10.0. The quantitative estimate of drug-likeness (QED) is 0.744. The molecule has 0 saturated carbocycles. The number of hydrogen-bond acceptors (Lipinski definition) is 5. The minimum absolute atomic E-state index is 0.0470. The standard InChI is InChI=1S/C24H27N3O4S/c1-3-31-19-10-8-18(9-11-19)27-22(28)17(2)32-24(27)20-6-4-5-7-21(20)26(23(24)29)16-25-12-14-30-15-13-25/h4-11,17H,3,12-16H2,1-2H3/p+1/t17-,24+/m1/s1. The zero-order chi connectivity index (χ0) is 22.3. The van der Waals surface area contributed by atoms with Crippen LogP contribution in [0.15, 0.2) is 48.5 Å². The highest BCUT2D eigenvalue weighted by molar-refractivity contribution is 8.03. The summed E-state index contributed by atoms with van der Waals surface area (Å²) in [7, 11) is 0. The van der Waals surface area contributed by atoms with Crippen LogP contribution >= 0.6 is 11.8 Å². The molecular weight excluding hydrogens is 426 g/mol. The van der Waals surface area contributed by atoms with Crippen LogP contribution in [-0.4, -0.2) is 56.6 Å². The van der Waals surface area contributed by atoms with Crippen molar-refractivity contribution in [1.29, 1.82) is 0 Å². The number of para-hydroxylation sites is 1. The van der Waals surface area contributed by atoms with E-state index in [1.807, 2.05) is 67.3 Å². The molecule has 3 aliphatic rings. The molecule has 8 heteroatoms. The molecule has 2 fully saturated rings. The van der Waals surface area contributed by atoms with Gasteiger partial charge in [-0.3, -0.25) is 19.4 Å². The van der Waals surface area contributed by atoms with Crippen LogP contribution in [-0.2, 0) is 19.2 Å². The highest BCUT2D eigenvalue weighted by atomic mass is 32.2. The number of carbonyl (C=O) groups is 2. The fourth-order valence-electron chi connectivity index (χ4n) is 4.79. The molecule has 0 aliphatic carbocycles. The van der Waals surface area contributed by atoms with E-state index in [1.54, 1.807) is 4.90 Å². The largest absolute Gasteiger partial charge is 0.494 e. The molecule has 3 heterocycles. The normalized spacial score (nSPS) is 25.6. The first kappa shape index (κ1) is 21.3. The van der Waals surface area contributed by atoms with E-state index in [0.29, 0.717) is 32.2 Å². The molecule has 2 saturated heterocycles. The molecular formula is C24H28N3O4S+. The summed E-state index contributed by atoms with van der Waals surface area (Å²) in [4.78, 5) is 31.4. The van der Waals surface area contributed by atoms with E-state index in [9.17, 15) is 9.59 Å². The lowest BCUT2D eigenvalue weighted by molar-refractivity contribution is -0.906. The number of rotatable bonds is 5. The summed E-state index contributed by atoms with van der Waals surface area (Å²) >= 11 is 1.44. The highest BCUT2D eigenvalue weighted by Crippen LogP contribution is 2.57. The zero-order valence-corrected chi connectivity index (χ0v) is 19.2. The maximum absolute atomic E-state index is 14.1. The van der Waals surface area contributed by atoms with Crippen LogP contribution in [0.1, 0.15) is 19.4 Å². The highest BCUT2D eigenvalue weighted by Gasteiger charge is 2.63. The second-order valence-electron chi connectivity index (χ2n) is 8.28. The number of benzene rings is 2. The van der Waals surface area contributed by atoms with Crippen molar-refractivity contribution in [3.8, 4) is 5.75 Å². The Morgan fingerprint density at radius 3 is 2.56 bits per heavy atom. The van der Waals surface area contributed by atoms with Gasteiger partial charge in [0.05, 0.1) is 30.8 Å². The summed E-state index contributed by atoms with van der Waals surface area (Å²) < 4.78 is 11.1. The van der Waals surface area contributed by atoms with Gasteiger partial charge in [-0.1, -0.05) is 18.2 Å². The van der Waals surface area contributed by atoms with Gasteiger partial charge in [0.15, 0.2) is 6.67 Å². The Hall–Kier alpha value is -2.55. The smallest absolute Gasteiger partial charge is 0.273 e. The average molecular weight is 455 g/mol. The van der Waals surface area contributed by atoms with E-state index in [2.05, 4.69) is 0 Å². The third kappa shape index (κ3) is 3.29. The van der Waals surface area contributed by atoms with Crippen molar-refractivity contribution < 1.29 is 24.0 Å². The number of ether oxygens (including phenoxy) is 2. The first-order valence-corrected chi connectivity index (χ1v) is 12.0. The molecule has 3 aliphatic heterocycles. The fraction of sp³-hybridized carbons (Fsp3) is 0.417. The monoisotopic (exact) mass is 454 g/mol. The summed E-state index contributed by atoms with van der Waals surface area (Å²) in [6.45, 7) is 8.09. The van der Waals surface area contributed by atoms with Crippen molar-refractivity contribution in [2.75, 3.05) is 49.4 Å². The van der Waals surface area contributed by atoms with Crippen LogP contribution in [0.25, 0.3) is 0 Å². The van der Waals surface area contributed by atoms with E-state index in [0.717, 1.165) is 30.1 Å². The molecule has 32 heavy (non-hydrogen) atoms. The molecule has 7 nitrogen and oxygen atoms in total. The van der Waals surface area contributed by atoms with Crippen molar-refractivity contribution in [2.45, 2.75) is 24.0 Å². The van der Waals surface area contributed by atoms with Crippen LogP contribution in [0, 0.1) is 0 Å². The van der Waals surface area contributed by atoms with Gasteiger partial charge in [-0.2, -0.15) is 0 Å². The van der Waals surface area contributed by atoms with E-state index in [-0.39, 0.29) is 17.1 Å². The van der Waals surface area contributed by atoms with E-state index < -0.39 is 4.87 Å². The molecule has 2 atom stereocenters. The Morgan fingerprint density at radius 2 is 1.84 bits per heavy atom. The maximum Gasteiger partial charge on any atom is 0.273 e. The summed E-state index contributed by atoms with van der Waals surface area (Å²) in [6, 6.07) is 15.3. The van der Waals surface area contributed by atoms with Crippen LogP contribution in [0.3, 0.4) is 0 Å². The van der Waals surface area contributed by atoms with Gasteiger partial charge in [0.25, 0.3) is 5.91 Å². The van der Waals surface area contributed by atoms with E-state index in [4.69, 9.17) is 9.47 Å². The van der Waals surface area contributed by atoms with Crippen LogP contribution in [0.4, 0.5) is 11.4 Å². The predicted molar refractivity (Wildman–Crippen MR) is 124 cm³/mol. The number of amides is 2. The minimum Gasteiger partial charge on any atom is -0.494 e. The Morgan fingerprint density at radius 1 is 1.12 bits per heavy atom. The molecule has 1 N–H and O–H groups in total. The first-order valence-electron chi connectivity index (χ1n) is 11.1. The topological polar surface area (TPSA) is 63.5 Å². The summed E-state index contributed by atoms with van der Waals surface area (Å²) in [6.07, 6.45) is 0. The molecule has 0 unspecified atom stereocenters. The second kappa shape index (κ2) is 8.42. The van der Waals surface area contributed by atoms with Gasteiger partial charge in [-0.15, -0.1) is 11.8 Å². The molecule has 0 bridgehead atoms. The number of morpholine rings is 1. The molecule has 1 spiro atoms. The number of thioether (sulfide) groups is 1. The van der Waals surface area contributed by atoms with Gasteiger partial charge in [-0.05, 0) is 44.2 Å². The Balaban J connectivity index is 1.57. The van der Waals surface area contributed by atoms with Crippen molar-refractivity contribution in [2.24, 2.45) is 0 Å². The first-order chi connectivity index (χ1) is 15.6. The number of anilines is 2. The van der Waals surface area contributed by atoms with Gasteiger partial charge in [0.1, 0.15) is 18.8 Å². The zero-order valence-electron chi connectivity index (χ0n) is 18.4. The molecule has 0 radical (unpaired) electrons. The lowest BCUT2D eigenvalue weighted by Crippen LogP contribution is -3.15. The third-order valence-corrected chi connectivity index (χ3v) is 7.79. The number of nitrogens with zero attached hydrogens (tertiary/aromatic N) is 2. The number of carbonyl (C=O) groups excluding carboxylic acids is 2. The fourth-order valence-corrected chi connectivity index (χ4v) is 6.32. The molecule has 0 aromatic heterocycles. The van der Waals surface area contributed by atoms with Gasteiger partial charge in [0, 0.05) is 11.3 Å². The molecule has 2 aromatic carbocycles. The molecule has 2 amide bonds. The number of fused-ring (bicyclic) bond motifs is 2. The Bertz CT molecular complexity index is 1020. The van der Waals surface area contributed by atoms with Gasteiger partial charge in [-0.25, -0.2) is 0 Å². The number of nitrogens with one attached hydrogen (secondary N) is 1. The van der Waals surface area contributed by atoms with E-state index >= 15 is 0 Å². The third-order valence-electron chi connectivity index (χ3n) is 6.31. The van der Waals surface area contributed by atoms with Crippen LogP contribution < -0.4 is 19.4 Å². The predicted octanol–water partition coefficient (Wildman–Crippen LogP) is 1.63. The second-order valence-corrected chi connectivity index (χ2v) is 9.81. The van der Waals surface area contributed by atoms with Gasteiger partial charge in [0.2, 0.25) is 10.8 Å².